The lowest BCUT2D eigenvalue weighted by atomic mass is 10.0. The maximum absolute atomic E-state index is 12.9. The van der Waals surface area contributed by atoms with Gasteiger partial charge < -0.3 is 15.5 Å². The Morgan fingerprint density at radius 1 is 1.28 bits per heavy atom. The second kappa shape index (κ2) is 8.50. The molecule has 0 bridgehead atoms. The first-order valence-electron chi connectivity index (χ1n) is 9.95. The van der Waals surface area contributed by atoms with E-state index in [0.717, 1.165) is 29.4 Å². The maximum Gasteiger partial charge on any atom is 0.239 e. The molecule has 154 valence electrons. The second-order valence-corrected chi connectivity index (χ2v) is 9.54. The Labute approximate surface area is 180 Å². The monoisotopic (exact) mass is 431 g/mol. The van der Waals surface area contributed by atoms with Gasteiger partial charge in [0.1, 0.15) is 12.1 Å². The van der Waals surface area contributed by atoms with Crippen LogP contribution < -0.4 is 10.6 Å². The molecule has 2 aromatic rings. The normalized spacial score (nSPS) is 22.5. The summed E-state index contributed by atoms with van der Waals surface area (Å²) in [5, 5.41) is 1.09. The molecule has 2 aliphatic rings. The highest BCUT2D eigenvalue weighted by Gasteiger charge is 2.34. The van der Waals surface area contributed by atoms with E-state index in [4.69, 9.17) is 17.3 Å². The van der Waals surface area contributed by atoms with Crippen LogP contribution in [0.3, 0.4) is 0 Å². The molecule has 3 atom stereocenters. The number of piperazine rings is 1. The molecule has 1 aromatic carbocycles. The van der Waals surface area contributed by atoms with Crippen LogP contribution in [-0.2, 0) is 17.0 Å². The van der Waals surface area contributed by atoms with Crippen LogP contribution in [0.25, 0.3) is 0 Å². The number of halogens is 1. The second-order valence-electron chi connectivity index (χ2n) is 7.77. The summed E-state index contributed by atoms with van der Waals surface area (Å²) in [5.74, 6) is 1.97. The minimum Gasteiger partial charge on any atom is -0.350 e. The largest absolute Gasteiger partial charge is 0.350 e. The van der Waals surface area contributed by atoms with Crippen molar-refractivity contribution in [3.8, 4) is 0 Å². The molecule has 2 aliphatic heterocycles. The minimum atomic E-state index is -0.547. The first-order valence-corrected chi connectivity index (χ1v) is 11.4. The summed E-state index contributed by atoms with van der Waals surface area (Å²) < 4.78 is 0. The summed E-state index contributed by atoms with van der Waals surface area (Å²) in [7, 11) is 0. The van der Waals surface area contributed by atoms with E-state index in [2.05, 4.69) is 28.7 Å². The van der Waals surface area contributed by atoms with Gasteiger partial charge in [0, 0.05) is 47.3 Å². The fourth-order valence-corrected chi connectivity index (χ4v) is 5.31. The third kappa shape index (κ3) is 4.22. The highest BCUT2D eigenvalue weighted by atomic mass is 35.5. The van der Waals surface area contributed by atoms with Crippen LogP contribution in [0.15, 0.2) is 30.6 Å². The third-order valence-electron chi connectivity index (χ3n) is 5.72. The van der Waals surface area contributed by atoms with Crippen molar-refractivity contribution in [3.63, 3.8) is 0 Å². The maximum atomic E-state index is 12.9. The van der Waals surface area contributed by atoms with Gasteiger partial charge in [-0.15, -0.1) is 11.8 Å². The van der Waals surface area contributed by atoms with E-state index in [1.165, 1.54) is 5.56 Å². The summed E-state index contributed by atoms with van der Waals surface area (Å²) in [5.41, 5.74) is 9.65. The Bertz CT molecular complexity index is 893. The number of rotatable bonds is 4. The van der Waals surface area contributed by atoms with Gasteiger partial charge in [-0.05, 0) is 38.0 Å². The highest BCUT2D eigenvalue weighted by Crippen LogP contribution is 2.44. The van der Waals surface area contributed by atoms with E-state index < -0.39 is 6.04 Å². The number of benzene rings is 1. The Morgan fingerprint density at radius 3 is 2.76 bits per heavy atom. The Hall–Kier alpha value is -1.83. The van der Waals surface area contributed by atoms with Gasteiger partial charge in [-0.1, -0.05) is 23.7 Å². The predicted octanol–water partition coefficient (Wildman–Crippen LogP) is 3.04. The van der Waals surface area contributed by atoms with Crippen LogP contribution >= 0.6 is 23.4 Å². The van der Waals surface area contributed by atoms with E-state index in [0.29, 0.717) is 29.8 Å². The summed E-state index contributed by atoms with van der Waals surface area (Å²) in [6, 6.07) is 7.13. The van der Waals surface area contributed by atoms with Crippen LogP contribution in [0.1, 0.15) is 35.9 Å². The molecule has 1 saturated heterocycles. The number of hydrogen-bond donors (Lipinski definition) is 1. The molecule has 8 heteroatoms. The summed E-state index contributed by atoms with van der Waals surface area (Å²) in [6.07, 6.45) is 2.18. The van der Waals surface area contributed by atoms with Crippen molar-refractivity contribution in [2.24, 2.45) is 5.73 Å². The quantitative estimate of drug-likeness (QED) is 0.801. The molecular formula is C21H26ClN5OS. The van der Waals surface area contributed by atoms with Crippen LogP contribution in [0.4, 0.5) is 5.82 Å². The summed E-state index contributed by atoms with van der Waals surface area (Å²) >= 11 is 7.83. The molecule has 1 aromatic heterocycles. The van der Waals surface area contributed by atoms with Crippen molar-refractivity contribution < 1.29 is 4.79 Å². The molecule has 0 unspecified atom stereocenters. The Balaban J connectivity index is 1.42. The van der Waals surface area contributed by atoms with E-state index in [-0.39, 0.29) is 11.9 Å². The van der Waals surface area contributed by atoms with Gasteiger partial charge in [0.2, 0.25) is 5.91 Å². The summed E-state index contributed by atoms with van der Waals surface area (Å²) in [6.45, 7) is 6.40. The first-order chi connectivity index (χ1) is 13.9. The van der Waals surface area contributed by atoms with Crippen LogP contribution in [-0.4, -0.2) is 52.5 Å². The lowest BCUT2D eigenvalue weighted by Crippen LogP contribution is -2.57. The van der Waals surface area contributed by atoms with Crippen LogP contribution in [0.2, 0.25) is 5.02 Å². The molecule has 29 heavy (non-hydrogen) atoms. The molecule has 0 saturated carbocycles. The molecule has 6 nitrogen and oxygen atoms in total. The molecule has 0 radical (unpaired) electrons. The van der Waals surface area contributed by atoms with Crippen molar-refractivity contribution in [3.05, 3.63) is 52.4 Å². The summed E-state index contributed by atoms with van der Waals surface area (Å²) in [4.78, 5) is 26.2. The third-order valence-corrected chi connectivity index (χ3v) is 7.15. The number of fused-ring (bicyclic) bond motifs is 1. The van der Waals surface area contributed by atoms with E-state index in [1.807, 2.05) is 40.9 Å². The SMILES string of the molecule is C[C@@H]1SCc2ncnc(N3CCN(C(=O)[C@H](N)Cc4ccc(Cl)cc4)C[C@@H]3C)c21. The van der Waals surface area contributed by atoms with Gasteiger partial charge in [0.05, 0.1) is 11.7 Å². The zero-order valence-electron chi connectivity index (χ0n) is 16.7. The number of nitrogens with two attached hydrogens (primary N) is 1. The minimum absolute atomic E-state index is 0.00305. The Kier molecular flexibility index (Phi) is 5.99. The molecule has 2 N–H and O–H groups in total. The lowest BCUT2D eigenvalue weighted by molar-refractivity contribution is -0.133. The van der Waals surface area contributed by atoms with Crippen LogP contribution in [0, 0.1) is 0 Å². The predicted molar refractivity (Wildman–Crippen MR) is 118 cm³/mol. The average molecular weight is 432 g/mol. The molecular weight excluding hydrogens is 406 g/mol. The fraction of sp³-hybridized carbons (Fsp3) is 0.476. The number of carbonyl (C=O) groups excluding carboxylic acids is 1. The lowest BCUT2D eigenvalue weighted by Gasteiger charge is -2.42. The first kappa shape index (κ1) is 20.4. The van der Waals surface area contributed by atoms with Gasteiger partial charge in [-0.25, -0.2) is 9.97 Å². The standard InChI is InChI=1S/C21H26ClN5OS/c1-13-10-26(21(28)17(23)9-15-3-5-16(22)6-4-15)7-8-27(13)20-19-14(2)29-11-18(19)24-12-25-20/h3-6,12-14,17H,7-11,23H2,1-2H3/t13-,14-,17+/m0/s1. The average Bonchev–Trinajstić information content (AvgIpc) is 3.10. The molecule has 1 fully saturated rings. The zero-order chi connectivity index (χ0) is 20.5. The number of thioether (sulfide) groups is 1. The van der Waals surface area contributed by atoms with Gasteiger partial charge >= 0.3 is 0 Å². The molecule has 4 rings (SSSR count). The van der Waals surface area contributed by atoms with Crippen molar-refractivity contribution in [2.45, 2.75) is 43.4 Å². The number of anilines is 1. The van der Waals surface area contributed by atoms with Crippen molar-refractivity contribution >= 4 is 35.1 Å². The van der Waals surface area contributed by atoms with Crippen molar-refractivity contribution in [2.75, 3.05) is 24.5 Å². The van der Waals surface area contributed by atoms with Crippen molar-refractivity contribution in [1.82, 2.24) is 14.9 Å². The number of aromatic nitrogens is 2. The van der Waals surface area contributed by atoms with Crippen molar-refractivity contribution in [1.29, 1.82) is 0 Å². The van der Waals surface area contributed by atoms with E-state index in [9.17, 15) is 4.79 Å². The molecule has 3 heterocycles. The fourth-order valence-electron chi connectivity index (χ4n) is 4.14. The Morgan fingerprint density at radius 2 is 2.03 bits per heavy atom. The molecule has 1 amide bonds. The van der Waals surface area contributed by atoms with Gasteiger partial charge in [0.25, 0.3) is 0 Å². The highest BCUT2D eigenvalue weighted by molar-refractivity contribution is 7.99. The molecule has 0 spiro atoms. The van der Waals surface area contributed by atoms with Gasteiger partial charge in [0.15, 0.2) is 0 Å². The van der Waals surface area contributed by atoms with Gasteiger partial charge in [-0.2, -0.15) is 0 Å². The topological polar surface area (TPSA) is 75.4 Å². The van der Waals surface area contributed by atoms with E-state index >= 15 is 0 Å². The number of nitrogens with zero attached hydrogens (tertiary/aromatic N) is 4. The van der Waals surface area contributed by atoms with Crippen LogP contribution in [0.5, 0.6) is 0 Å². The van der Waals surface area contributed by atoms with Gasteiger partial charge in [-0.3, -0.25) is 4.79 Å². The molecule has 0 aliphatic carbocycles. The number of hydrogen-bond acceptors (Lipinski definition) is 6. The zero-order valence-corrected chi connectivity index (χ0v) is 18.3. The number of carbonyl (C=O) groups is 1. The van der Waals surface area contributed by atoms with E-state index in [1.54, 1.807) is 6.33 Å². The number of amides is 1. The smallest absolute Gasteiger partial charge is 0.239 e.